The van der Waals surface area contributed by atoms with Crippen LogP contribution in [0.1, 0.15) is 99.3 Å². The maximum absolute atomic E-state index is 14.3. The Balaban J connectivity index is 1.65. The molecule has 0 amide bonds. The van der Waals surface area contributed by atoms with Gasteiger partial charge in [0.1, 0.15) is 6.07 Å². The summed E-state index contributed by atoms with van der Waals surface area (Å²) in [4.78, 5) is 38.9. The van der Waals surface area contributed by atoms with Gasteiger partial charge in [-0.1, -0.05) is 53.2 Å². The van der Waals surface area contributed by atoms with E-state index in [4.69, 9.17) is 0 Å². The Morgan fingerprint density at radius 1 is 1.05 bits per heavy atom. The molecule has 0 aromatic rings. The lowest BCUT2D eigenvalue weighted by atomic mass is 9.34. The molecule has 0 aromatic carbocycles. The standard InChI is InChI=1S/C32H43NO4/c1-19-21-7-9-30(5)24(29(21,4)16-20(18-33)27(19)37)15-23(34)26-22-17-28(2,3)11-13-32(22,10-8-25(35)36)14-12-31(26,30)6/h15-16,19,21-22,26H,7-14,17H2,1-6H3,(H,35,36). The number of carbonyl (C=O) groups excluding carboxylic acids is 2. The first-order chi connectivity index (χ1) is 17.1. The van der Waals surface area contributed by atoms with Crippen molar-refractivity contribution in [2.24, 2.45) is 50.7 Å². The Morgan fingerprint density at radius 3 is 2.38 bits per heavy atom. The molecule has 0 saturated heterocycles. The second-order valence-corrected chi connectivity index (χ2v) is 14.7. The molecule has 0 spiro atoms. The predicted octanol–water partition coefficient (Wildman–Crippen LogP) is 6.68. The largest absolute Gasteiger partial charge is 0.481 e. The lowest BCUT2D eigenvalue weighted by Crippen LogP contribution is -2.64. The Kier molecular flexibility index (Phi) is 5.81. The molecular weight excluding hydrogens is 462 g/mol. The number of hydrogen-bond donors (Lipinski definition) is 1. The number of aliphatic carboxylic acids is 1. The van der Waals surface area contributed by atoms with E-state index in [1.807, 2.05) is 19.1 Å². The van der Waals surface area contributed by atoms with E-state index in [9.17, 15) is 24.8 Å². The van der Waals surface area contributed by atoms with Crippen LogP contribution in [0.15, 0.2) is 23.3 Å². The number of carboxylic acid groups (broad SMARTS) is 1. The van der Waals surface area contributed by atoms with Crippen LogP contribution < -0.4 is 0 Å². The molecule has 5 rings (SSSR count). The van der Waals surface area contributed by atoms with Crippen molar-refractivity contribution >= 4 is 17.5 Å². The minimum atomic E-state index is -0.747. The van der Waals surface area contributed by atoms with Gasteiger partial charge in [0.05, 0.1) is 5.57 Å². The van der Waals surface area contributed by atoms with Crippen LogP contribution in [0.25, 0.3) is 0 Å². The van der Waals surface area contributed by atoms with Crippen molar-refractivity contribution in [1.82, 2.24) is 0 Å². The number of Topliss-reactive ketones (excluding diaryl/α,β-unsaturated/α-hetero) is 1. The Labute approximate surface area is 221 Å². The molecule has 5 nitrogen and oxygen atoms in total. The van der Waals surface area contributed by atoms with E-state index in [0.717, 1.165) is 50.5 Å². The Morgan fingerprint density at radius 2 is 1.73 bits per heavy atom. The number of allylic oxidation sites excluding steroid dienone is 4. The monoisotopic (exact) mass is 505 g/mol. The molecule has 8 unspecified atom stereocenters. The highest BCUT2D eigenvalue weighted by Crippen LogP contribution is 2.74. The van der Waals surface area contributed by atoms with Crippen molar-refractivity contribution < 1.29 is 19.5 Å². The topological polar surface area (TPSA) is 95.2 Å². The number of rotatable bonds is 3. The zero-order chi connectivity index (χ0) is 27.2. The minimum absolute atomic E-state index is 0.0641. The van der Waals surface area contributed by atoms with Crippen molar-refractivity contribution in [3.05, 3.63) is 23.3 Å². The van der Waals surface area contributed by atoms with Gasteiger partial charge >= 0.3 is 5.97 Å². The maximum atomic E-state index is 14.3. The van der Waals surface area contributed by atoms with Crippen molar-refractivity contribution in [2.45, 2.75) is 99.3 Å². The number of ketones is 2. The number of nitriles is 1. The van der Waals surface area contributed by atoms with Crippen LogP contribution in [0.2, 0.25) is 0 Å². The van der Waals surface area contributed by atoms with E-state index < -0.39 is 11.4 Å². The third-order valence-electron chi connectivity index (χ3n) is 12.5. The molecule has 0 radical (unpaired) electrons. The van der Waals surface area contributed by atoms with Gasteiger partial charge in [-0.25, -0.2) is 0 Å². The first-order valence-corrected chi connectivity index (χ1v) is 14.3. The highest BCUT2D eigenvalue weighted by molar-refractivity contribution is 6.02. The lowest BCUT2D eigenvalue weighted by Gasteiger charge is -2.69. The van der Waals surface area contributed by atoms with Gasteiger partial charge in [0.25, 0.3) is 0 Å². The molecule has 5 aliphatic carbocycles. The van der Waals surface area contributed by atoms with Gasteiger partial charge in [0, 0.05) is 23.7 Å². The van der Waals surface area contributed by atoms with Crippen LogP contribution in [0.4, 0.5) is 0 Å². The first-order valence-electron chi connectivity index (χ1n) is 14.3. The summed E-state index contributed by atoms with van der Waals surface area (Å²) in [6, 6.07) is 2.15. The molecule has 0 heterocycles. The average Bonchev–Trinajstić information content (AvgIpc) is 2.82. The summed E-state index contributed by atoms with van der Waals surface area (Å²) in [7, 11) is 0. The summed E-state index contributed by atoms with van der Waals surface area (Å²) in [5, 5.41) is 19.3. The average molecular weight is 506 g/mol. The fourth-order valence-electron chi connectivity index (χ4n) is 10.2. The summed E-state index contributed by atoms with van der Waals surface area (Å²) < 4.78 is 0. The van der Waals surface area contributed by atoms with Crippen molar-refractivity contribution in [2.75, 3.05) is 0 Å². The normalized spacial score (nSPS) is 46.3. The fourth-order valence-corrected chi connectivity index (χ4v) is 10.2. The van der Waals surface area contributed by atoms with E-state index in [0.29, 0.717) is 6.42 Å². The Bertz CT molecular complexity index is 1170. The van der Waals surface area contributed by atoms with Gasteiger partial charge in [-0.15, -0.1) is 0 Å². The molecule has 3 fully saturated rings. The molecule has 3 saturated carbocycles. The summed E-state index contributed by atoms with van der Waals surface area (Å²) in [5.74, 6) is -0.699. The van der Waals surface area contributed by atoms with Crippen LogP contribution in [0, 0.1) is 62.1 Å². The summed E-state index contributed by atoms with van der Waals surface area (Å²) in [6.07, 6.45) is 11.4. The van der Waals surface area contributed by atoms with E-state index in [1.165, 1.54) is 0 Å². The molecule has 37 heavy (non-hydrogen) atoms. The molecule has 5 aliphatic rings. The van der Waals surface area contributed by atoms with Crippen molar-refractivity contribution in [3.8, 4) is 6.07 Å². The van der Waals surface area contributed by atoms with Crippen LogP contribution in [-0.2, 0) is 14.4 Å². The van der Waals surface area contributed by atoms with Crippen LogP contribution in [0.3, 0.4) is 0 Å². The van der Waals surface area contributed by atoms with Gasteiger partial charge in [-0.05, 0) is 90.9 Å². The zero-order valence-electron chi connectivity index (χ0n) is 23.4. The highest BCUT2D eigenvalue weighted by Gasteiger charge is 2.68. The molecule has 1 N–H and O–H groups in total. The highest BCUT2D eigenvalue weighted by atomic mass is 16.4. The number of carboxylic acids is 1. The van der Waals surface area contributed by atoms with Crippen LogP contribution in [0.5, 0.6) is 0 Å². The van der Waals surface area contributed by atoms with Crippen molar-refractivity contribution in [3.63, 3.8) is 0 Å². The molecule has 0 aliphatic heterocycles. The first kappa shape index (κ1) is 26.4. The SMILES string of the molecule is CC1C(=O)C(C#N)=CC2(C)C3=CC(=O)C4C5CC(C)(C)CCC5(CCC(=O)O)CCC4(C)C3(C)CCC12. The lowest BCUT2D eigenvalue weighted by molar-refractivity contribution is -0.172. The molecule has 5 heteroatoms. The molecule has 8 atom stereocenters. The third-order valence-corrected chi connectivity index (χ3v) is 12.5. The summed E-state index contributed by atoms with van der Waals surface area (Å²) in [6.45, 7) is 13.4. The van der Waals surface area contributed by atoms with Crippen molar-refractivity contribution in [1.29, 1.82) is 5.26 Å². The number of carbonyl (C=O) groups is 3. The smallest absolute Gasteiger partial charge is 0.303 e. The molecule has 200 valence electrons. The van der Waals surface area contributed by atoms with E-state index in [2.05, 4.69) is 40.7 Å². The predicted molar refractivity (Wildman–Crippen MR) is 141 cm³/mol. The Hall–Kier alpha value is -2.22. The van der Waals surface area contributed by atoms with Crippen LogP contribution >= 0.6 is 0 Å². The van der Waals surface area contributed by atoms with Gasteiger partial charge in [-0.3, -0.25) is 14.4 Å². The number of hydrogen-bond acceptors (Lipinski definition) is 4. The van der Waals surface area contributed by atoms with Gasteiger partial charge in [0.2, 0.25) is 0 Å². The van der Waals surface area contributed by atoms with Crippen LogP contribution in [-0.4, -0.2) is 22.6 Å². The minimum Gasteiger partial charge on any atom is -0.481 e. The van der Waals surface area contributed by atoms with Gasteiger partial charge < -0.3 is 5.11 Å². The number of fused-ring (bicyclic) bond motifs is 7. The number of nitrogens with zero attached hydrogens (tertiary/aromatic N) is 1. The zero-order valence-corrected chi connectivity index (χ0v) is 23.4. The van der Waals surface area contributed by atoms with E-state index in [1.54, 1.807) is 0 Å². The molecule has 0 aromatic heterocycles. The fraction of sp³-hybridized carbons (Fsp3) is 0.750. The second-order valence-electron chi connectivity index (χ2n) is 14.7. The van der Waals surface area contributed by atoms with E-state index >= 15 is 0 Å². The quantitative estimate of drug-likeness (QED) is 0.461. The third kappa shape index (κ3) is 3.50. The summed E-state index contributed by atoms with van der Waals surface area (Å²) in [5.41, 5.74) is 0.470. The second kappa shape index (κ2) is 8.14. The van der Waals surface area contributed by atoms with E-state index in [-0.39, 0.29) is 68.9 Å². The summed E-state index contributed by atoms with van der Waals surface area (Å²) >= 11 is 0. The molecular formula is C32H43NO4. The van der Waals surface area contributed by atoms with Gasteiger partial charge in [0.15, 0.2) is 11.6 Å². The molecule has 0 bridgehead atoms. The maximum Gasteiger partial charge on any atom is 0.303 e. The van der Waals surface area contributed by atoms with Gasteiger partial charge in [-0.2, -0.15) is 5.26 Å².